The summed E-state index contributed by atoms with van der Waals surface area (Å²) in [6.07, 6.45) is 0.963. The van der Waals surface area contributed by atoms with Crippen molar-refractivity contribution in [2.24, 2.45) is 5.10 Å². The van der Waals surface area contributed by atoms with Gasteiger partial charge in [-0.2, -0.15) is 5.10 Å². The summed E-state index contributed by atoms with van der Waals surface area (Å²) >= 11 is 12.1. The number of rotatable bonds is 3. The van der Waals surface area contributed by atoms with E-state index in [1.165, 1.54) is 0 Å². The average molecular weight is 445 g/mol. The summed E-state index contributed by atoms with van der Waals surface area (Å²) in [5.74, 6) is -0.172. The lowest BCUT2D eigenvalue weighted by molar-refractivity contribution is 0.0535. The van der Waals surface area contributed by atoms with E-state index in [2.05, 4.69) is 5.10 Å². The standard InChI is InChI=1S/C22H22Cl2N4O2/c1-15-8-9-28(25-15)18-5-2-16(3-6-18)21(29)26-10-12-27(13-11-26)22(30)19-7-4-17(23)14-20(19)24/h2-7,14H,8-13H2,1H3. The van der Waals surface area contributed by atoms with E-state index in [1.807, 2.05) is 36.2 Å². The van der Waals surface area contributed by atoms with E-state index >= 15 is 0 Å². The molecule has 156 valence electrons. The fourth-order valence-corrected chi connectivity index (χ4v) is 4.15. The number of hydrazone groups is 1. The number of carbonyl (C=O) groups is 2. The fourth-order valence-electron chi connectivity index (χ4n) is 3.67. The van der Waals surface area contributed by atoms with Gasteiger partial charge in [-0.15, -0.1) is 0 Å². The Morgan fingerprint density at radius 1 is 0.867 bits per heavy atom. The molecule has 2 aliphatic heterocycles. The van der Waals surface area contributed by atoms with Crippen molar-refractivity contribution in [2.75, 3.05) is 37.7 Å². The molecule has 1 saturated heterocycles. The Bertz CT molecular complexity index is 999. The SMILES string of the molecule is CC1=NN(c2ccc(C(=O)N3CCN(C(=O)c4ccc(Cl)cc4Cl)CC3)cc2)CC1. The smallest absolute Gasteiger partial charge is 0.255 e. The molecule has 8 heteroatoms. The molecule has 0 saturated carbocycles. The molecule has 6 nitrogen and oxygen atoms in total. The molecule has 0 bridgehead atoms. The average Bonchev–Trinajstić information content (AvgIpc) is 3.19. The van der Waals surface area contributed by atoms with Crippen molar-refractivity contribution in [2.45, 2.75) is 13.3 Å². The Morgan fingerprint density at radius 2 is 1.50 bits per heavy atom. The first-order chi connectivity index (χ1) is 14.4. The summed E-state index contributed by atoms with van der Waals surface area (Å²) in [4.78, 5) is 29.1. The van der Waals surface area contributed by atoms with E-state index in [0.29, 0.717) is 47.4 Å². The van der Waals surface area contributed by atoms with Crippen LogP contribution in [0.4, 0.5) is 5.69 Å². The van der Waals surface area contributed by atoms with Gasteiger partial charge in [0.2, 0.25) is 0 Å². The largest absolute Gasteiger partial charge is 0.335 e. The van der Waals surface area contributed by atoms with Crippen LogP contribution < -0.4 is 5.01 Å². The Hall–Kier alpha value is -2.57. The van der Waals surface area contributed by atoms with Gasteiger partial charge in [-0.25, -0.2) is 0 Å². The first-order valence-corrected chi connectivity index (χ1v) is 10.6. The fraction of sp³-hybridized carbons (Fsp3) is 0.318. The van der Waals surface area contributed by atoms with Gasteiger partial charge in [-0.3, -0.25) is 14.6 Å². The topological polar surface area (TPSA) is 56.2 Å². The molecule has 0 aliphatic carbocycles. The third-order valence-electron chi connectivity index (χ3n) is 5.40. The maximum Gasteiger partial charge on any atom is 0.255 e. The quantitative estimate of drug-likeness (QED) is 0.713. The van der Waals surface area contributed by atoms with Gasteiger partial charge in [0.25, 0.3) is 11.8 Å². The minimum atomic E-state index is -0.144. The minimum absolute atomic E-state index is 0.0284. The molecule has 30 heavy (non-hydrogen) atoms. The lowest BCUT2D eigenvalue weighted by atomic mass is 10.1. The van der Waals surface area contributed by atoms with E-state index in [4.69, 9.17) is 23.2 Å². The van der Waals surface area contributed by atoms with Crippen LogP contribution in [-0.4, -0.2) is 60.0 Å². The minimum Gasteiger partial charge on any atom is -0.335 e. The first-order valence-electron chi connectivity index (χ1n) is 9.87. The van der Waals surface area contributed by atoms with Crippen LogP contribution in [0, 0.1) is 0 Å². The molecule has 2 amide bonds. The molecule has 0 radical (unpaired) electrons. The number of anilines is 1. The molecule has 0 atom stereocenters. The molecular weight excluding hydrogens is 423 g/mol. The van der Waals surface area contributed by atoms with Crippen LogP contribution in [0.15, 0.2) is 47.6 Å². The van der Waals surface area contributed by atoms with Gasteiger partial charge >= 0.3 is 0 Å². The first kappa shape index (κ1) is 20.7. The van der Waals surface area contributed by atoms with Crippen LogP contribution in [0.5, 0.6) is 0 Å². The number of hydrogen-bond donors (Lipinski definition) is 0. The Labute approximate surface area is 185 Å². The van der Waals surface area contributed by atoms with Crippen molar-refractivity contribution >= 4 is 46.4 Å². The number of amides is 2. The molecule has 0 unspecified atom stereocenters. The molecule has 0 N–H and O–H groups in total. The molecule has 0 spiro atoms. The normalized spacial score (nSPS) is 16.6. The van der Waals surface area contributed by atoms with E-state index in [9.17, 15) is 9.59 Å². The third-order valence-corrected chi connectivity index (χ3v) is 5.95. The second kappa shape index (κ2) is 8.66. The van der Waals surface area contributed by atoms with Gasteiger partial charge in [-0.05, 0) is 49.4 Å². The van der Waals surface area contributed by atoms with Crippen LogP contribution in [0.1, 0.15) is 34.1 Å². The van der Waals surface area contributed by atoms with Crippen molar-refractivity contribution in [3.8, 4) is 0 Å². The van der Waals surface area contributed by atoms with E-state index in [1.54, 1.807) is 28.0 Å². The number of benzene rings is 2. The van der Waals surface area contributed by atoms with Crippen molar-refractivity contribution in [1.29, 1.82) is 0 Å². The lowest BCUT2D eigenvalue weighted by Crippen LogP contribution is -2.50. The molecule has 2 heterocycles. The Kier molecular flexibility index (Phi) is 5.97. The zero-order chi connectivity index (χ0) is 21.3. The molecule has 4 rings (SSSR count). The van der Waals surface area contributed by atoms with E-state index in [0.717, 1.165) is 24.4 Å². The summed E-state index contributed by atoms with van der Waals surface area (Å²) in [7, 11) is 0. The van der Waals surface area contributed by atoms with Gasteiger partial charge in [0.05, 0.1) is 16.3 Å². The van der Waals surface area contributed by atoms with Crippen LogP contribution in [0.25, 0.3) is 0 Å². The molecule has 2 aliphatic rings. The van der Waals surface area contributed by atoms with Gasteiger partial charge in [0.15, 0.2) is 0 Å². The third kappa shape index (κ3) is 4.30. The molecule has 0 aromatic heterocycles. The van der Waals surface area contributed by atoms with Gasteiger partial charge in [0, 0.05) is 55.4 Å². The molecule has 2 aromatic rings. The van der Waals surface area contributed by atoms with Crippen molar-refractivity contribution in [1.82, 2.24) is 9.80 Å². The molecular formula is C22H22Cl2N4O2. The monoisotopic (exact) mass is 444 g/mol. The Balaban J connectivity index is 1.36. The number of nitrogens with zero attached hydrogens (tertiary/aromatic N) is 4. The van der Waals surface area contributed by atoms with E-state index < -0.39 is 0 Å². The van der Waals surface area contributed by atoms with Crippen molar-refractivity contribution < 1.29 is 9.59 Å². The van der Waals surface area contributed by atoms with Crippen LogP contribution >= 0.6 is 23.2 Å². The summed E-state index contributed by atoms with van der Waals surface area (Å²) in [5, 5.41) is 7.27. The Morgan fingerprint density at radius 3 is 2.07 bits per heavy atom. The van der Waals surface area contributed by atoms with Gasteiger partial charge < -0.3 is 9.80 Å². The second-order valence-corrected chi connectivity index (χ2v) is 8.31. The number of halogens is 2. The summed E-state index contributed by atoms with van der Waals surface area (Å²) in [6.45, 7) is 4.77. The highest BCUT2D eigenvalue weighted by molar-refractivity contribution is 6.36. The maximum atomic E-state index is 12.9. The molecule has 1 fully saturated rings. The summed E-state index contributed by atoms with van der Waals surface area (Å²) in [6, 6.07) is 12.4. The lowest BCUT2D eigenvalue weighted by Gasteiger charge is -2.35. The highest BCUT2D eigenvalue weighted by Gasteiger charge is 2.26. The number of piperazine rings is 1. The summed E-state index contributed by atoms with van der Waals surface area (Å²) in [5.41, 5.74) is 3.16. The highest BCUT2D eigenvalue weighted by Crippen LogP contribution is 2.24. The second-order valence-electron chi connectivity index (χ2n) is 7.46. The zero-order valence-corrected chi connectivity index (χ0v) is 18.2. The van der Waals surface area contributed by atoms with Crippen molar-refractivity contribution in [3.63, 3.8) is 0 Å². The predicted octanol–water partition coefficient (Wildman–Crippen LogP) is 4.18. The maximum absolute atomic E-state index is 12.9. The zero-order valence-electron chi connectivity index (χ0n) is 16.6. The number of carbonyl (C=O) groups excluding carboxylic acids is 2. The van der Waals surface area contributed by atoms with Gasteiger partial charge in [0.1, 0.15) is 0 Å². The number of hydrogen-bond acceptors (Lipinski definition) is 4. The van der Waals surface area contributed by atoms with Crippen LogP contribution in [0.3, 0.4) is 0 Å². The summed E-state index contributed by atoms with van der Waals surface area (Å²) < 4.78 is 0. The highest BCUT2D eigenvalue weighted by atomic mass is 35.5. The van der Waals surface area contributed by atoms with Gasteiger partial charge in [-0.1, -0.05) is 23.2 Å². The molecule has 2 aromatic carbocycles. The van der Waals surface area contributed by atoms with E-state index in [-0.39, 0.29) is 11.8 Å². The van der Waals surface area contributed by atoms with Crippen LogP contribution in [0.2, 0.25) is 10.0 Å². The van der Waals surface area contributed by atoms with Crippen LogP contribution in [-0.2, 0) is 0 Å². The van der Waals surface area contributed by atoms with Crippen molar-refractivity contribution in [3.05, 3.63) is 63.6 Å². The predicted molar refractivity (Wildman–Crippen MR) is 120 cm³/mol.